The zero-order chi connectivity index (χ0) is 30.9. The molecule has 0 saturated carbocycles. The van der Waals surface area contributed by atoms with Gasteiger partial charge in [-0.2, -0.15) is 26.3 Å². The number of rotatable bonds is 7. The molecule has 2 N–H and O–H groups in total. The molecule has 2 aromatic carbocycles. The van der Waals surface area contributed by atoms with Crippen LogP contribution in [0.2, 0.25) is 0 Å². The van der Waals surface area contributed by atoms with Gasteiger partial charge in [0.1, 0.15) is 5.82 Å². The largest absolute Gasteiger partial charge is 0.416 e. The molecule has 2 aromatic rings. The molecule has 0 aliphatic carbocycles. The number of hydrogen-bond donors (Lipinski definition) is 2. The second-order valence-corrected chi connectivity index (χ2v) is 10.5. The number of aliphatic hydroxyl groups is 1. The predicted molar refractivity (Wildman–Crippen MR) is 136 cm³/mol. The Bertz CT molecular complexity index is 1230. The molecule has 2 amide bonds. The van der Waals surface area contributed by atoms with Gasteiger partial charge in [-0.15, -0.1) is 0 Å². The fourth-order valence-corrected chi connectivity index (χ4v) is 5.11. The third-order valence-corrected chi connectivity index (χ3v) is 7.35. The Morgan fingerprint density at radius 3 is 2.15 bits per heavy atom. The lowest BCUT2D eigenvalue weighted by Crippen LogP contribution is -2.52. The molecule has 6 nitrogen and oxygen atoms in total. The molecule has 1 aliphatic heterocycles. The minimum atomic E-state index is -5.03. The molecule has 0 bridgehead atoms. The molecule has 0 radical (unpaired) electrons. The molecule has 41 heavy (non-hydrogen) atoms. The Labute approximate surface area is 233 Å². The lowest BCUT2D eigenvalue weighted by molar-refractivity contribution is -0.143. The maximum absolute atomic E-state index is 13.9. The van der Waals surface area contributed by atoms with Crippen LogP contribution in [0.1, 0.15) is 66.5 Å². The highest BCUT2D eigenvalue weighted by atomic mass is 19.4. The van der Waals surface area contributed by atoms with E-state index in [0.717, 1.165) is 4.90 Å². The van der Waals surface area contributed by atoms with Crippen molar-refractivity contribution in [1.29, 1.82) is 0 Å². The highest BCUT2D eigenvalue weighted by molar-refractivity contribution is 5.80. The van der Waals surface area contributed by atoms with E-state index < -0.39 is 65.1 Å². The lowest BCUT2D eigenvalue weighted by atomic mass is 9.78. The lowest BCUT2D eigenvalue weighted by Gasteiger charge is -2.41. The van der Waals surface area contributed by atoms with E-state index in [-0.39, 0.29) is 37.6 Å². The first-order valence-corrected chi connectivity index (χ1v) is 12.9. The summed E-state index contributed by atoms with van der Waals surface area (Å²) in [6.45, 7) is 4.78. The van der Waals surface area contributed by atoms with Gasteiger partial charge in [-0.3, -0.25) is 15.0 Å². The summed E-state index contributed by atoms with van der Waals surface area (Å²) >= 11 is 0. The molecule has 13 heteroatoms. The Morgan fingerprint density at radius 2 is 1.63 bits per heavy atom. The summed E-state index contributed by atoms with van der Waals surface area (Å²) in [4.78, 5) is 27.1. The third-order valence-electron chi connectivity index (χ3n) is 7.35. The first kappa shape index (κ1) is 32.3. The normalized spacial score (nSPS) is 19.9. The van der Waals surface area contributed by atoms with Crippen molar-refractivity contribution in [3.8, 4) is 0 Å². The molecular weight excluding hydrogens is 559 g/mol. The second-order valence-electron chi connectivity index (χ2n) is 10.5. The molecule has 0 spiro atoms. The standard InChI is InChI=1S/C28H32F7N3O3/c1-15-9-21(29)5-6-22(15)24-14-38(36-25(40)10-16(2)39)8-7-23(24)26(41)37(4)17(3)18-11-19(27(30,31)32)13-20(12-18)28(33,34)35/h5-6,9,11-13,16-17,23-24,39H,7-8,10,14H2,1-4H3,(H,36,40)/t16-,17-,23-,24+/m0/s1. The number of halogens is 7. The van der Waals surface area contributed by atoms with E-state index in [1.807, 2.05) is 0 Å². The van der Waals surface area contributed by atoms with Crippen LogP contribution in [0, 0.1) is 18.7 Å². The van der Waals surface area contributed by atoms with Crippen molar-refractivity contribution in [2.24, 2.45) is 5.92 Å². The van der Waals surface area contributed by atoms with Crippen molar-refractivity contribution in [3.63, 3.8) is 0 Å². The van der Waals surface area contributed by atoms with E-state index in [1.54, 1.807) is 11.9 Å². The number of amides is 2. The quantitative estimate of drug-likeness (QED) is 0.412. The van der Waals surface area contributed by atoms with Gasteiger partial charge in [0.05, 0.1) is 29.7 Å². The van der Waals surface area contributed by atoms with Crippen molar-refractivity contribution in [2.75, 3.05) is 20.1 Å². The molecule has 0 unspecified atom stereocenters. The number of nitrogens with zero attached hydrogens (tertiary/aromatic N) is 2. The van der Waals surface area contributed by atoms with Crippen molar-refractivity contribution in [1.82, 2.24) is 15.3 Å². The maximum atomic E-state index is 13.9. The van der Waals surface area contributed by atoms with Gasteiger partial charge in [0.25, 0.3) is 0 Å². The second kappa shape index (κ2) is 12.4. The van der Waals surface area contributed by atoms with Crippen LogP contribution in [0.4, 0.5) is 30.7 Å². The van der Waals surface area contributed by atoms with Crippen LogP contribution in [-0.2, 0) is 21.9 Å². The first-order chi connectivity index (χ1) is 18.9. The average molecular weight is 592 g/mol. The maximum Gasteiger partial charge on any atom is 0.416 e. The zero-order valence-electron chi connectivity index (χ0n) is 22.9. The molecule has 3 rings (SSSR count). The van der Waals surface area contributed by atoms with Crippen LogP contribution in [-0.4, -0.2) is 53.1 Å². The van der Waals surface area contributed by atoms with Crippen LogP contribution < -0.4 is 5.43 Å². The molecule has 1 fully saturated rings. The summed E-state index contributed by atoms with van der Waals surface area (Å²) in [5.74, 6) is -2.83. The molecule has 226 valence electrons. The van der Waals surface area contributed by atoms with Crippen molar-refractivity contribution in [2.45, 2.75) is 64.0 Å². The van der Waals surface area contributed by atoms with Gasteiger partial charge in [0.2, 0.25) is 11.8 Å². The average Bonchev–Trinajstić information content (AvgIpc) is 2.85. The van der Waals surface area contributed by atoms with E-state index >= 15 is 0 Å². The van der Waals surface area contributed by atoms with Gasteiger partial charge in [-0.05, 0) is 74.2 Å². The number of aryl methyl sites for hydroxylation is 1. The number of piperidine rings is 1. The SMILES string of the molecule is Cc1cc(F)ccc1[C@H]1CN(NC(=O)C[C@H](C)O)CC[C@@H]1C(=O)N(C)[C@@H](C)c1cc(C(F)(F)F)cc(C(F)(F)F)c1. The number of hydrazine groups is 1. The number of alkyl halides is 6. The first-order valence-electron chi connectivity index (χ1n) is 12.9. The summed E-state index contributed by atoms with van der Waals surface area (Å²) < 4.78 is 94.4. The van der Waals surface area contributed by atoms with Crippen LogP contribution >= 0.6 is 0 Å². The van der Waals surface area contributed by atoms with Crippen LogP contribution in [0.3, 0.4) is 0 Å². The number of benzene rings is 2. The van der Waals surface area contributed by atoms with Gasteiger partial charge in [0, 0.05) is 32.0 Å². The molecular formula is C28H32F7N3O3. The van der Waals surface area contributed by atoms with Crippen molar-refractivity contribution in [3.05, 3.63) is 70.0 Å². The van der Waals surface area contributed by atoms with Gasteiger partial charge >= 0.3 is 12.4 Å². The molecule has 1 aliphatic rings. The zero-order valence-corrected chi connectivity index (χ0v) is 22.9. The van der Waals surface area contributed by atoms with Crippen LogP contribution in [0.15, 0.2) is 36.4 Å². The number of nitrogens with one attached hydrogen (secondary N) is 1. The molecule has 1 heterocycles. The van der Waals surface area contributed by atoms with Gasteiger partial charge in [-0.25, -0.2) is 9.40 Å². The van der Waals surface area contributed by atoms with E-state index in [0.29, 0.717) is 23.3 Å². The van der Waals surface area contributed by atoms with E-state index in [9.17, 15) is 45.4 Å². The van der Waals surface area contributed by atoms with E-state index in [4.69, 9.17) is 0 Å². The number of carbonyl (C=O) groups is 2. The van der Waals surface area contributed by atoms with Gasteiger partial charge in [0.15, 0.2) is 0 Å². The Morgan fingerprint density at radius 1 is 1.05 bits per heavy atom. The molecule has 4 atom stereocenters. The number of hydrogen-bond acceptors (Lipinski definition) is 4. The fourth-order valence-electron chi connectivity index (χ4n) is 5.11. The Balaban J connectivity index is 1.94. The smallest absolute Gasteiger partial charge is 0.393 e. The molecule has 0 aromatic heterocycles. The number of carbonyl (C=O) groups excluding carboxylic acids is 2. The summed E-state index contributed by atoms with van der Waals surface area (Å²) in [6.07, 6.45) is -10.9. The summed E-state index contributed by atoms with van der Waals surface area (Å²) in [6, 6.07) is 4.12. The van der Waals surface area contributed by atoms with Crippen LogP contribution in [0.25, 0.3) is 0 Å². The van der Waals surface area contributed by atoms with Crippen molar-refractivity contribution >= 4 is 11.8 Å². The minimum Gasteiger partial charge on any atom is -0.393 e. The van der Waals surface area contributed by atoms with Gasteiger partial charge < -0.3 is 10.0 Å². The van der Waals surface area contributed by atoms with Crippen molar-refractivity contribution < 1.29 is 45.4 Å². The monoisotopic (exact) mass is 591 g/mol. The highest BCUT2D eigenvalue weighted by Crippen LogP contribution is 2.40. The summed E-state index contributed by atoms with van der Waals surface area (Å²) in [5, 5.41) is 11.1. The fraction of sp³-hybridized carbons (Fsp3) is 0.500. The highest BCUT2D eigenvalue weighted by Gasteiger charge is 2.41. The third kappa shape index (κ3) is 7.97. The summed E-state index contributed by atoms with van der Waals surface area (Å²) in [5.41, 5.74) is 0.542. The van der Waals surface area contributed by atoms with E-state index in [2.05, 4.69) is 5.43 Å². The predicted octanol–water partition coefficient (Wildman–Crippen LogP) is 5.60. The van der Waals surface area contributed by atoms with Crippen LogP contribution in [0.5, 0.6) is 0 Å². The number of aliphatic hydroxyl groups excluding tert-OH is 1. The van der Waals surface area contributed by atoms with Gasteiger partial charge in [-0.1, -0.05) is 6.07 Å². The minimum absolute atomic E-state index is 0.0347. The molecule has 1 saturated heterocycles. The topological polar surface area (TPSA) is 72.9 Å². The Kier molecular flexibility index (Phi) is 9.74. The summed E-state index contributed by atoms with van der Waals surface area (Å²) in [7, 11) is 1.31. The van der Waals surface area contributed by atoms with E-state index in [1.165, 1.54) is 39.1 Å². The Hall–Kier alpha value is -3.19.